The van der Waals surface area contributed by atoms with Crippen molar-refractivity contribution < 1.29 is 47.8 Å². The lowest BCUT2D eigenvalue weighted by Gasteiger charge is -2.17. The minimum absolute atomic E-state index is 0.143. The van der Waals surface area contributed by atoms with Gasteiger partial charge in [0.15, 0.2) is 17.7 Å². The van der Waals surface area contributed by atoms with E-state index in [-0.39, 0.29) is 18.0 Å². The fourth-order valence-electron chi connectivity index (χ4n) is 3.45. The van der Waals surface area contributed by atoms with Gasteiger partial charge in [0.05, 0.1) is 39.4 Å². The molecule has 3 rings (SSSR count). The third-order valence-corrected chi connectivity index (χ3v) is 6.22. The third-order valence-electron chi connectivity index (χ3n) is 5.38. The summed E-state index contributed by atoms with van der Waals surface area (Å²) in [5.74, 6) is 0.143. The summed E-state index contributed by atoms with van der Waals surface area (Å²) in [7, 11) is -4.52. The largest absolute Gasteiger partial charge is 0.488 e. The SMILES string of the molecule is NCCCOCCOCCOCCCNOP(=O)(O)OCC1OC(n2cnc3c(N)ncnc32)C(O)C1O. The summed E-state index contributed by atoms with van der Waals surface area (Å²) in [6, 6.07) is 0. The summed E-state index contributed by atoms with van der Waals surface area (Å²) >= 11 is 0. The maximum atomic E-state index is 12.1. The number of phosphoric acid groups is 1. The Balaban J connectivity index is 1.28. The van der Waals surface area contributed by atoms with Crippen LogP contribution in [0.4, 0.5) is 5.82 Å². The van der Waals surface area contributed by atoms with E-state index in [1.807, 2.05) is 0 Å². The van der Waals surface area contributed by atoms with Gasteiger partial charge in [0, 0.05) is 19.8 Å². The number of nitrogens with zero attached hydrogens (tertiary/aromatic N) is 4. The van der Waals surface area contributed by atoms with Crippen molar-refractivity contribution in [3.63, 3.8) is 0 Å². The van der Waals surface area contributed by atoms with Gasteiger partial charge in [0.25, 0.3) is 0 Å². The second kappa shape index (κ2) is 15.7. The molecule has 3 heterocycles. The summed E-state index contributed by atoms with van der Waals surface area (Å²) in [4.78, 5) is 21.9. The first-order valence-corrected chi connectivity index (χ1v) is 13.6. The standard InChI is InChI=1S/C20H36N7O10P/c21-3-1-5-32-7-9-34-10-8-33-6-2-4-26-37-38(30,31)35-11-14-16(28)17(29)20(36-14)27-13-25-15-18(22)23-12-24-19(15)27/h12-14,16-17,20,26,28-29H,1-11,21H2,(H,30,31)(H2,22,23,24). The first-order valence-electron chi connectivity index (χ1n) is 12.1. The van der Waals surface area contributed by atoms with E-state index in [0.717, 1.165) is 6.42 Å². The molecule has 1 aliphatic heterocycles. The predicted molar refractivity (Wildman–Crippen MR) is 131 cm³/mol. The quantitative estimate of drug-likeness (QED) is 0.0642. The number of imidazole rings is 1. The van der Waals surface area contributed by atoms with Crippen molar-refractivity contribution in [2.45, 2.75) is 37.4 Å². The van der Waals surface area contributed by atoms with Crippen molar-refractivity contribution in [1.82, 2.24) is 25.0 Å². The smallest absolute Gasteiger partial charge is 0.387 e. The molecule has 0 aliphatic carbocycles. The number of aliphatic hydroxyl groups is 2. The van der Waals surface area contributed by atoms with Crippen molar-refractivity contribution in [3.05, 3.63) is 12.7 Å². The van der Waals surface area contributed by atoms with Gasteiger partial charge in [-0.1, -0.05) is 0 Å². The van der Waals surface area contributed by atoms with Crippen LogP contribution in [-0.2, 0) is 32.7 Å². The average molecular weight is 566 g/mol. The van der Waals surface area contributed by atoms with Crippen LogP contribution in [0.1, 0.15) is 19.1 Å². The van der Waals surface area contributed by atoms with Crippen LogP contribution in [0.3, 0.4) is 0 Å². The van der Waals surface area contributed by atoms with Gasteiger partial charge in [-0.3, -0.25) is 9.09 Å². The molecule has 17 nitrogen and oxygen atoms in total. The van der Waals surface area contributed by atoms with Gasteiger partial charge in [-0.05, 0) is 19.4 Å². The Bertz CT molecular complexity index is 1020. The molecule has 8 N–H and O–H groups in total. The van der Waals surface area contributed by atoms with E-state index in [1.54, 1.807) is 0 Å². The van der Waals surface area contributed by atoms with Gasteiger partial charge in [0.2, 0.25) is 0 Å². The number of rotatable bonds is 19. The van der Waals surface area contributed by atoms with Crippen LogP contribution in [0.5, 0.6) is 0 Å². The molecule has 5 atom stereocenters. The summed E-state index contributed by atoms with van der Waals surface area (Å²) in [6.07, 6.45) is -1.16. The Labute approximate surface area is 218 Å². The molecule has 0 aromatic carbocycles. The fraction of sp³-hybridized carbons (Fsp3) is 0.750. The number of hydrogen-bond acceptors (Lipinski definition) is 15. The highest BCUT2D eigenvalue weighted by Crippen LogP contribution is 2.43. The number of ether oxygens (including phenoxy) is 4. The first-order chi connectivity index (χ1) is 18.3. The lowest BCUT2D eigenvalue weighted by atomic mass is 10.1. The van der Waals surface area contributed by atoms with Gasteiger partial charge in [0.1, 0.15) is 30.2 Å². The maximum Gasteiger partial charge on any atom is 0.488 e. The Morgan fingerprint density at radius 3 is 2.42 bits per heavy atom. The number of phosphoric ester groups is 1. The molecule has 0 spiro atoms. The number of hydroxylamine groups is 1. The molecule has 216 valence electrons. The molecule has 2 aromatic heterocycles. The van der Waals surface area contributed by atoms with Gasteiger partial charge >= 0.3 is 7.82 Å². The van der Waals surface area contributed by atoms with Crippen LogP contribution in [-0.4, -0.2) is 112 Å². The van der Waals surface area contributed by atoms with Gasteiger partial charge in [-0.2, -0.15) is 10.1 Å². The average Bonchev–Trinajstić information content (AvgIpc) is 3.45. The topological polar surface area (TPSA) is 241 Å². The number of hydrogen-bond donors (Lipinski definition) is 6. The summed E-state index contributed by atoms with van der Waals surface area (Å²) in [6.45, 7) is 3.08. The molecule has 1 fully saturated rings. The Morgan fingerprint density at radius 1 is 1.03 bits per heavy atom. The normalized spacial score (nSPS) is 23.3. The Hall–Kier alpha value is -1.86. The van der Waals surface area contributed by atoms with Crippen LogP contribution in [0.15, 0.2) is 12.7 Å². The molecule has 0 saturated carbocycles. The number of nitrogens with two attached hydrogens (primary N) is 2. The van der Waals surface area contributed by atoms with Crippen molar-refractivity contribution in [2.75, 3.05) is 65.1 Å². The van der Waals surface area contributed by atoms with Gasteiger partial charge < -0.3 is 45.5 Å². The minimum atomic E-state index is -4.52. The van der Waals surface area contributed by atoms with E-state index in [1.165, 1.54) is 17.2 Å². The summed E-state index contributed by atoms with van der Waals surface area (Å²) in [5, 5.41) is 20.8. The molecule has 5 unspecified atom stereocenters. The van der Waals surface area contributed by atoms with Crippen LogP contribution in [0.2, 0.25) is 0 Å². The van der Waals surface area contributed by atoms with Crippen molar-refractivity contribution in [2.24, 2.45) is 5.73 Å². The highest BCUT2D eigenvalue weighted by atomic mass is 31.2. The highest BCUT2D eigenvalue weighted by Gasteiger charge is 2.45. The zero-order valence-electron chi connectivity index (χ0n) is 20.8. The van der Waals surface area contributed by atoms with E-state index in [2.05, 4.69) is 20.4 Å². The van der Waals surface area contributed by atoms with Crippen LogP contribution < -0.4 is 16.9 Å². The van der Waals surface area contributed by atoms with E-state index in [0.29, 0.717) is 58.1 Å². The zero-order valence-corrected chi connectivity index (χ0v) is 21.7. The van der Waals surface area contributed by atoms with Crippen LogP contribution in [0, 0.1) is 0 Å². The molecule has 2 aromatic rings. The fourth-order valence-corrected chi connectivity index (χ4v) is 4.09. The van der Waals surface area contributed by atoms with Crippen molar-refractivity contribution >= 4 is 24.8 Å². The van der Waals surface area contributed by atoms with E-state index in [9.17, 15) is 19.7 Å². The molecule has 1 aliphatic rings. The molecule has 0 amide bonds. The van der Waals surface area contributed by atoms with E-state index < -0.39 is 39.0 Å². The lowest BCUT2D eigenvalue weighted by molar-refractivity contribution is -0.0529. The molecular formula is C20H36N7O10P. The van der Waals surface area contributed by atoms with E-state index in [4.69, 9.17) is 39.6 Å². The molecule has 0 radical (unpaired) electrons. The number of nitrogen functional groups attached to an aromatic ring is 1. The number of nitrogens with one attached hydrogen (secondary N) is 1. The molecule has 0 bridgehead atoms. The highest BCUT2D eigenvalue weighted by molar-refractivity contribution is 7.47. The van der Waals surface area contributed by atoms with Crippen LogP contribution >= 0.6 is 7.82 Å². The molecule has 18 heteroatoms. The predicted octanol–water partition coefficient (Wildman–Crippen LogP) is -1.55. The van der Waals surface area contributed by atoms with Gasteiger partial charge in [-0.15, -0.1) is 0 Å². The molecule has 1 saturated heterocycles. The second-order valence-electron chi connectivity index (χ2n) is 8.21. The number of aliphatic hydroxyl groups excluding tert-OH is 2. The monoisotopic (exact) mass is 565 g/mol. The van der Waals surface area contributed by atoms with Crippen molar-refractivity contribution in [1.29, 1.82) is 0 Å². The number of aromatic nitrogens is 4. The first kappa shape index (κ1) is 30.7. The summed E-state index contributed by atoms with van der Waals surface area (Å²) < 4.78 is 44.8. The Kier molecular flexibility index (Phi) is 12.6. The zero-order chi connectivity index (χ0) is 27.4. The summed E-state index contributed by atoms with van der Waals surface area (Å²) in [5.41, 5.74) is 14.1. The lowest BCUT2D eigenvalue weighted by Crippen LogP contribution is -2.33. The molecule has 38 heavy (non-hydrogen) atoms. The minimum Gasteiger partial charge on any atom is -0.387 e. The van der Waals surface area contributed by atoms with Crippen LogP contribution in [0.25, 0.3) is 11.2 Å². The maximum absolute atomic E-state index is 12.1. The third kappa shape index (κ3) is 9.11. The van der Waals surface area contributed by atoms with E-state index >= 15 is 0 Å². The Morgan fingerprint density at radius 2 is 1.71 bits per heavy atom. The van der Waals surface area contributed by atoms with Gasteiger partial charge in [-0.25, -0.2) is 19.5 Å². The number of anilines is 1. The van der Waals surface area contributed by atoms with Crippen molar-refractivity contribution in [3.8, 4) is 0 Å². The second-order valence-corrected chi connectivity index (χ2v) is 9.59. The number of fused-ring (bicyclic) bond motifs is 1. The molecular weight excluding hydrogens is 529 g/mol.